The molecule has 0 aliphatic carbocycles. The molecule has 0 aliphatic rings. The highest BCUT2D eigenvalue weighted by molar-refractivity contribution is 7.15. The Balaban J connectivity index is 1.91. The van der Waals surface area contributed by atoms with Crippen LogP contribution in [0.5, 0.6) is 0 Å². The van der Waals surface area contributed by atoms with Gasteiger partial charge in [-0.2, -0.15) is 0 Å². The highest BCUT2D eigenvalue weighted by atomic mass is 35.5. The van der Waals surface area contributed by atoms with Crippen molar-refractivity contribution in [2.24, 2.45) is 0 Å². The first-order chi connectivity index (χ1) is 9.74. The van der Waals surface area contributed by atoms with E-state index in [9.17, 15) is 0 Å². The fraction of sp³-hybridized carbons (Fsp3) is 0.133. The second-order valence-electron chi connectivity index (χ2n) is 4.38. The van der Waals surface area contributed by atoms with Gasteiger partial charge in [-0.3, -0.25) is 4.98 Å². The van der Waals surface area contributed by atoms with Crippen LogP contribution in [-0.2, 0) is 0 Å². The maximum absolute atomic E-state index is 6.45. The van der Waals surface area contributed by atoms with Crippen LogP contribution in [0.25, 0.3) is 10.7 Å². The van der Waals surface area contributed by atoms with Crippen LogP contribution in [0.3, 0.4) is 0 Å². The number of hydrogen-bond donors (Lipinski definition) is 0. The molecule has 0 spiro atoms. The Morgan fingerprint density at radius 1 is 1.00 bits per heavy atom. The molecule has 1 atom stereocenters. The molecule has 2 heterocycles. The zero-order chi connectivity index (χ0) is 13.9. The molecular formula is C15H12ClN3S. The van der Waals surface area contributed by atoms with E-state index >= 15 is 0 Å². The SMILES string of the molecule is Cc1cccc(-c2nnc(C(Cl)c3ccccc3)s2)n1. The van der Waals surface area contributed by atoms with Crippen molar-refractivity contribution in [3.63, 3.8) is 0 Å². The Morgan fingerprint density at radius 3 is 2.55 bits per heavy atom. The van der Waals surface area contributed by atoms with Gasteiger partial charge in [-0.25, -0.2) is 0 Å². The Labute approximate surface area is 126 Å². The summed E-state index contributed by atoms with van der Waals surface area (Å²) in [6.45, 7) is 1.96. The summed E-state index contributed by atoms with van der Waals surface area (Å²) in [4.78, 5) is 4.45. The van der Waals surface area contributed by atoms with Gasteiger partial charge in [0.1, 0.15) is 16.1 Å². The molecule has 2 aromatic heterocycles. The van der Waals surface area contributed by atoms with Crippen LogP contribution in [0.15, 0.2) is 48.5 Å². The number of hydrogen-bond acceptors (Lipinski definition) is 4. The zero-order valence-electron chi connectivity index (χ0n) is 10.8. The monoisotopic (exact) mass is 301 g/mol. The molecule has 1 unspecified atom stereocenters. The molecule has 20 heavy (non-hydrogen) atoms. The third kappa shape index (κ3) is 2.71. The summed E-state index contributed by atoms with van der Waals surface area (Å²) in [6, 6.07) is 15.7. The topological polar surface area (TPSA) is 38.7 Å². The average Bonchev–Trinajstić information content (AvgIpc) is 2.97. The second kappa shape index (κ2) is 5.69. The molecule has 0 radical (unpaired) electrons. The Morgan fingerprint density at radius 2 is 1.80 bits per heavy atom. The van der Waals surface area contributed by atoms with E-state index in [0.717, 1.165) is 27.0 Å². The van der Waals surface area contributed by atoms with Crippen LogP contribution in [0.2, 0.25) is 0 Å². The van der Waals surface area contributed by atoms with Gasteiger partial charge < -0.3 is 0 Å². The first-order valence-electron chi connectivity index (χ1n) is 6.20. The van der Waals surface area contributed by atoms with Gasteiger partial charge in [0, 0.05) is 5.69 Å². The molecule has 0 N–H and O–H groups in total. The van der Waals surface area contributed by atoms with Crippen molar-refractivity contribution in [1.29, 1.82) is 0 Å². The third-order valence-corrected chi connectivity index (χ3v) is 4.46. The van der Waals surface area contributed by atoms with Gasteiger partial charge in [0.2, 0.25) is 0 Å². The van der Waals surface area contributed by atoms with E-state index in [2.05, 4.69) is 15.2 Å². The van der Waals surface area contributed by atoms with E-state index < -0.39 is 0 Å². The minimum absolute atomic E-state index is 0.271. The minimum Gasteiger partial charge on any atom is -0.251 e. The first kappa shape index (κ1) is 13.2. The number of pyridine rings is 1. The fourth-order valence-corrected chi connectivity index (χ4v) is 3.01. The fourth-order valence-electron chi connectivity index (χ4n) is 1.87. The van der Waals surface area contributed by atoms with E-state index in [-0.39, 0.29) is 5.38 Å². The molecule has 3 aromatic rings. The van der Waals surface area contributed by atoms with Gasteiger partial charge in [-0.15, -0.1) is 21.8 Å². The lowest BCUT2D eigenvalue weighted by Crippen LogP contribution is -1.91. The maximum atomic E-state index is 6.45. The standard InChI is InChI=1S/C15H12ClN3S/c1-10-6-5-9-12(17-10)14-18-19-15(20-14)13(16)11-7-3-2-4-8-11/h2-9,13H,1H3. The van der Waals surface area contributed by atoms with Gasteiger partial charge in [0.05, 0.1) is 0 Å². The summed E-state index contributed by atoms with van der Waals surface area (Å²) in [7, 11) is 0. The summed E-state index contributed by atoms with van der Waals surface area (Å²) in [6.07, 6.45) is 0. The van der Waals surface area contributed by atoms with Gasteiger partial charge in [0.15, 0.2) is 5.01 Å². The molecular weight excluding hydrogens is 290 g/mol. The smallest absolute Gasteiger partial charge is 0.166 e. The molecule has 0 saturated carbocycles. The molecule has 5 heteroatoms. The molecule has 0 aliphatic heterocycles. The van der Waals surface area contributed by atoms with E-state index in [1.54, 1.807) is 0 Å². The molecule has 0 fully saturated rings. The summed E-state index contributed by atoms with van der Waals surface area (Å²) in [5.41, 5.74) is 2.82. The third-order valence-electron chi connectivity index (χ3n) is 2.86. The van der Waals surface area contributed by atoms with E-state index in [4.69, 9.17) is 11.6 Å². The summed E-state index contributed by atoms with van der Waals surface area (Å²) < 4.78 is 0. The Bertz CT molecular complexity index is 712. The average molecular weight is 302 g/mol. The van der Waals surface area contributed by atoms with Crippen molar-refractivity contribution in [3.8, 4) is 10.7 Å². The molecule has 100 valence electrons. The predicted octanol–water partition coefficient (Wildman–Crippen LogP) is 4.24. The second-order valence-corrected chi connectivity index (χ2v) is 5.83. The van der Waals surface area contributed by atoms with Crippen LogP contribution in [0.4, 0.5) is 0 Å². The lowest BCUT2D eigenvalue weighted by molar-refractivity contribution is 0.984. The molecule has 0 bridgehead atoms. The van der Waals surface area contributed by atoms with Gasteiger partial charge in [-0.05, 0) is 24.6 Å². The quantitative estimate of drug-likeness (QED) is 0.679. The van der Waals surface area contributed by atoms with Crippen LogP contribution in [0.1, 0.15) is 21.6 Å². The largest absolute Gasteiger partial charge is 0.251 e. The van der Waals surface area contributed by atoms with E-state index in [0.29, 0.717) is 0 Å². The van der Waals surface area contributed by atoms with E-state index in [1.807, 2.05) is 55.5 Å². The lowest BCUT2D eigenvalue weighted by atomic mass is 10.1. The number of aromatic nitrogens is 3. The predicted molar refractivity (Wildman–Crippen MR) is 82.0 cm³/mol. The van der Waals surface area contributed by atoms with E-state index in [1.165, 1.54) is 11.3 Å². The number of benzene rings is 1. The van der Waals surface area contributed by atoms with Gasteiger partial charge >= 0.3 is 0 Å². The lowest BCUT2D eigenvalue weighted by Gasteiger charge is -2.04. The molecule has 3 rings (SSSR count). The number of aryl methyl sites for hydroxylation is 1. The maximum Gasteiger partial charge on any atom is 0.166 e. The van der Waals surface area contributed by atoms with Crippen molar-refractivity contribution in [2.75, 3.05) is 0 Å². The molecule has 0 saturated heterocycles. The molecule has 1 aromatic carbocycles. The van der Waals surface area contributed by atoms with Crippen molar-refractivity contribution in [1.82, 2.24) is 15.2 Å². The van der Waals surface area contributed by atoms with Crippen molar-refractivity contribution in [2.45, 2.75) is 12.3 Å². The highest BCUT2D eigenvalue weighted by Gasteiger charge is 2.17. The summed E-state index contributed by atoms with van der Waals surface area (Å²) in [5.74, 6) is 0. The molecule has 3 nitrogen and oxygen atoms in total. The normalized spacial score (nSPS) is 12.3. The van der Waals surface area contributed by atoms with Crippen LogP contribution in [0, 0.1) is 6.92 Å². The summed E-state index contributed by atoms with van der Waals surface area (Å²) >= 11 is 7.93. The van der Waals surface area contributed by atoms with Crippen molar-refractivity contribution in [3.05, 3.63) is 64.8 Å². The minimum atomic E-state index is -0.271. The summed E-state index contributed by atoms with van der Waals surface area (Å²) in [5, 5.41) is 9.70. The number of rotatable bonds is 3. The molecule has 0 amide bonds. The van der Waals surface area contributed by atoms with Gasteiger partial charge in [-0.1, -0.05) is 47.7 Å². The highest BCUT2D eigenvalue weighted by Crippen LogP contribution is 2.33. The van der Waals surface area contributed by atoms with Crippen molar-refractivity contribution >= 4 is 22.9 Å². The zero-order valence-corrected chi connectivity index (χ0v) is 12.4. The van der Waals surface area contributed by atoms with Crippen LogP contribution < -0.4 is 0 Å². The number of alkyl halides is 1. The van der Waals surface area contributed by atoms with Gasteiger partial charge in [0.25, 0.3) is 0 Å². The number of nitrogens with zero attached hydrogens (tertiary/aromatic N) is 3. The first-order valence-corrected chi connectivity index (χ1v) is 7.46. The number of halogens is 1. The Kier molecular flexibility index (Phi) is 3.76. The van der Waals surface area contributed by atoms with Crippen molar-refractivity contribution < 1.29 is 0 Å². The van der Waals surface area contributed by atoms with Crippen LogP contribution in [-0.4, -0.2) is 15.2 Å². The van der Waals surface area contributed by atoms with Crippen LogP contribution >= 0.6 is 22.9 Å². The Hall–Kier alpha value is -1.78.